The van der Waals surface area contributed by atoms with Crippen molar-refractivity contribution in [3.63, 3.8) is 0 Å². The van der Waals surface area contributed by atoms with Crippen LogP contribution in [0.3, 0.4) is 0 Å². The highest BCUT2D eigenvalue weighted by Gasteiger charge is 2.72. The number of hydrogen-bond acceptors (Lipinski definition) is 8. The molecule has 9 nitrogen and oxygen atoms in total. The molecule has 3 aliphatic heterocycles. The number of ketones is 1. The minimum absolute atomic E-state index is 0.141. The number of ether oxygens (including phenoxy) is 3. The first-order valence-electron chi connectivity index (χ1n) is 9.36. The van der Waals surface area contributed by atoms with Crippen LogP contribution in [0.5, 0.6) is 0 Å². The number of Topliss-reactive ketones (excluding diaryl/α,β-unsaturated/α-hetero) is 1. The first-order valence-corrected chi connectivity index (χ1v) is 9.36. The van der Waals surface area contributed by atoms with Gasteiger partial charge in [0.15, 0.2) is 11.4 Å². The minimum Gasteiger partial charge on any atom is -0.422 e. The summed E-state index contributed by atoms with van der Waals surface area (Å²) in [6.45, 7) is 3.70. The second-order valence-corrected chi connectivity index (χ2v) is 7.46. The van der Waals surface area contributed by atoms with Crippen molar-refractivity contribution < 1.29 is 38.2 Å². The number of carbonyl (C=O) groups excluding carboxylic acids is 5. The molecule has 0 saturated carbocycles. The molecule has 1 aromatic rings. The molecule has 9 heteroatoms. The monoisotopic (exact) mass is 413 g/mol. The SMILES string of the molecule is CC(=O)OC(OC(C)=O)[C@@]12C=C[C@@H](O1)[C@H]1C(=O)N(c3ccc(C(C)=O)cc3)C(=O)[C@@H]12. The molecule has 2 saturated heterocycles. The fraction of sp³-hybridized carbons (Fsp3) is 0.381. The van der Waals surface area contributed by atoms with E-state index < -0.39 is 53.6 Å². The lowest BCUT2D eigenvalue weighted by atomic mass is 9.76. The predicted octanol–water partition coefficient (Wildman–Crippen LogP) is 1.15. The molecule has 30 heavy (non-hydrogen) atoms. The van der Waals surface area contributed by atoms with Crippen LogP contribution < -0.4 is 4.90 Å². The summed E-state index contributed by atoms with van der Waals surface area (Å²) in [6.07, 6.45) is 0.888. The molecule has 0 radical (unpaired) electrons. The Hall–Kier alpha value is -3.33. The molecule has 156 valence electrons. The van der Waals surface area contributed by atoms with Crippen LogP contribution in [0.1, 0.15) is 31.1 Å². The number of hydrogen-bond donors (Lipinski definition) is 0. The highest BCUT2D eigenvalue weighted by atomic mass is 16.7. The summed E-state index contributed by atoms with van der Waals surface area (Å²) in [7, 11) is 0. The quantitative estimate of drug-likeness (QED) is 0.232. The van der Waals surface area contributed by atoms with E-state index in [9.17, 15) is 24.0 Å². The van der Waals surface area contributed by atoms with Gasteiger partial charge in [0.1, 0.15) is 0 Å². The first-order chi connectivity index (χ1) is 14.2. The highest BCUT2D eigenvalue weighted by molar-refractivity contribution is 6.23. The van der Waals surface area contributed by atoms with E-state index >= 15 is 0 Å². The van der Waals surface area contributed by atoms with E-state index in [1.165, 1.54) is 37.3 Å². The zero-order chi connectivity index (χ0) is 21.8. The Morgan fingerprint density at radius 1 is 1.00 bits per heavy atom. The summed E-state index contributed by atoms with van der Waals surface area (Å²) in [5.41, 5.74) is -0.826. The van der Waals surface area contributed by atoms with Gasteiger partial charge in [0.25, 0.3) is 6.29 Å². The lowest BCUT2D eigenvalue weighted by molar-refractivity contribution is -0.226. The van der Waals surface area contributed by atoms with Crippen molar-refractivity contribution in [2.24, 2.45) is 11.8 Å². The fourth-order valence-electron chi connectivity index (χ4n) is 4.32. The van der Waals surface area contributed by atoms with E-state index in [0.29, 0.717) is 11.3 Å². The van der Waals surface area contributed by atoms with E-state index in [1.807, 2.05) is 0 Å². The maximum Gasteiger partial charge on any atom is 0.305 e. The molecular weight excluding hydrogens is 394 g/mol. The molecular formula is C21H19NO8. The van der Waals surface area contributed by atoms with Crippen molar-refractivity contribution >= 4 is 35.2 Å². The van der Waals surface area contributed by atoms with Gasteiger partial charge < -0.3 is 14.2 Å². The van der Waals surface area contributed by atoms with Crippen molar-refractivity contribution in [2.75, 3.05) is 4.90 Å². The number of amides is 2. The van der Waals surface area contributed by atoms with Gasteiger partial charge in [-0.05, 0) is 37.3 Å². The molecule has 4 rings (SSSR count). The van der Waals surface area contributed by atoms with E-state index in [-0.39, 0.29) is 5.78 Å². The van der Waals surface area contributed by atoms with Crippen molar-refractivity contribution in [2.45, 2.75) is 38.8 Å². The number of imide groups is 1. The van der Waals surface area contributed by atoms with Crippen LogP contribution in [0.25, 0.3) is 0 Å². The Bertz CT molecular complexity index is 981. The molecule has 3 heterocycles. The summed E-state index contributed by atoms with van der Waals surface area (Å²) in [6, 6.07) is 6.11. The van der Waals surface area contributed by atoms with Crippen molar-refractivity contribution in [3.05, 3.63) is 42.0 Å². The van der Waals surface area contributed by atoms with Gasteiger partial charge in [0.2, 0.25) is 11.8 Å². The third-order valence-corrected chi connectivity index (χ3v) is 5.52. The maximum absolute atomic E-state index is 13.3. The van der Waals surface area contributed by atoms with Gasteiger partial charge in [-0.3, -0.25) is 24.0 Å². The summed E-state index contributed by atoms with van der Waals surface area (Å²) < 4.78 is 16.2. The zero-order valence-electron chi connectivity index (χ0n) is 16.5. The summed E-state index contributed by atoms with van der Waals surface area (Å²) in [5.74, 6) is -4.50. The lowest BCUT2D eigenvalue weighted by Gasteiger charge is -2.34. The molecule has 0 aliphatic carbocycles. The maximum atomic E-state index is 13.3. The minimum atomic E-state index is -1.59. The largest absolute Gasteiger partial charge is 0.422 e. The van der Waals surface area contributed by atoms with Gasteiger partial charge in [0, 0.05) is 19.4 Å². The molecule has 3 aliphatic rings. The second-order valence-electron chi connectivity index (χ2n) is 7.46. The average molecular weight is 413 g/mol. The third kappa shape index (κ3) is 2.85. The molecule has 0 unspecified atom stereocenters. The van der Waals surface area contributed by atoms with E-state index in [1.54, 1.807) is 6.08 Å². The van der Waals surface area contributed by atoms with Crippen LogP contribution in [-0.4, -0.2) is 47.5 Å². The number of rotatable bonds is 5. The van der Waals surface area contributed by atoms with Crippen LogP contribution in [0.4, 0.5) is 5.69 Å². The molecule has 2 fully saturated rings. The lowest BCUT2D eigenvalue weighted by Crippen LogP contribution is -2.52. The van der Waals surface area contributed by atoms with Gasteiger partial charge in [0.05, 0.1) is 23.6 Å². The van der Waals surface area contributed by atoms with Gasteiger partial charge in [-0.15, -0.1) is 0 Å². The Kier molecular flexibility index (Phi) is 4.58. The number of benzene rings is 1. The van der Waals surface area contributed by atoms with E-state index in [4.69, 9.17) is 14.2 Å². The molecule has 2 bridgehead atoms. The first kappa shape index (κ1) is 20.0. The summed E-state index contributed by atoms with van der Waals surface area (Å²) in [5, 5.41) is 0. The van der Waals surface area contributed by atoms with Crippen LogP contribution in [0, 0.1) is 11.8 Å². The molecule has 0 N–H and O–H groups in total. The normalized spacial score (nSPS) is 28.8. The highest BCUT2D eigenvalue weighted by Crippen LogP contribution is 2.54. The Labute approximate surface area is 171 Å². The van der Waals surface area contributed by atoms with E-state index in [0.717, 1.165) is 18.7 Å². The Morgan fingerprint density at radius 3 is 2.13 bits per heavy atom. The van der Waals surface area contributed by atoms with Gasteiger partial charge in [-0.2, -0.15) is 0 Å². The number of carbonyl (C=O) groups is 5. The molecule has 0 aromatic heterocycles. The second kappa shape index (κ2) is 6.88. The third-order valence-electron chi connectivity index (χ3n) is 5.52. The Morgan fingerprint density at radius 2 is 1.60 bits per heavy atom. The fourth-order valence-corrected chi connectivity index (χ4v) is 4.32. The van der Waals surface area contributed by atoms with E-state index in [2.05, 4.69) is 0 Å². The van der Waals surface area contributed by atoms with Crippen LogP contribution in [0.15, 0.2) is 36.4 Å². The van der Waals surface area contributed by atoms with Gasteiger partial charge in [-0.25, -0.2) is 4.90 Å². The number of anilines is 1. The smallest absolute Gasteiger partial charge is 0.305 e. The zero-order valence-corrected chi connectivity index (χ0v) is 16.5. The van der Waals surface area contributed by atoms with Crippen LogP contribution in [-0.2, 0) is 33.4 Å². The molecule has 2 amide bonds. The van der Waals surface area contributed by atoms with Crippen molar-refractivity contribution in [1.29, 1.82) is 0 Å². The number of esters is 2. The topological polar surface area (TPSA) is 116 Å². The Balaban J connectivity index is 1.71. The average Bonchev–Trinajstić information content (AvgIpc) is 3.32. The predicted molar refractivity (Wildman–Crippen MR) is 100.0 cm³/mol. The molecule has 1 aromatic carbocycles. The van der Waals surface area contributed by atoms with Gasteiger partial charge in [-0.1, -0.05) is 6.08 Å². The standard InChI is InChI=1S/C21H19NO8/c1-10(23)13-4-6-14(7-5-13)22-18(26)16-15-8-9-21(30-15,17(16)19(22)27)20(28-11(2)24)29-12(3)25/h4-9,15-17,20H,1-3H3/t15-,16-,17-,21+/m1/s1. The molecule has 0 spiro atoms. The van der Waals surface area contributed by atoms with Crippen molar-refractivity contribution in [3.8, 4) is 0 Å². The van der Waals surface area contributed by atoms with Crippen molar-refractivity contribution in [1.82, 2.24) is 0 Å². The number of fused-ring (bicyclic) bond motifs is 5. The van der Waals surface area contributed by atoms with Crippen LogP contribution in [0.2, 0.25) is 0 Å². The van der Waals surface area contributed by atoms with Gasteiger partial charge >= 0.3 is 11.9 Å². The summed E-state index contributed by atoms with van der Waals surface area (Å²) >= 11 is 0. The summed E-state index contributed by atoms with van der Waals surface area (Å²) in [4.78, 5) is 62.2. The van der Waals surface area contributed by atoms with Crippen LogP contribution >= 0.6 is 0 Å². The number of nitrogens with zero attached hydrogens (tertiary/aromatic N) is 1. The molecule has 4 atom stereocenters.